The van der Waals surface area contributed by atoms with E-state index < -0.39 is 0 Å². The van der Waals surface area contributed by atoms with Gasteiger partial charge in [0, 0.05) is 39.4 Å². The molecule has 1 aromatic rings. The van der Waals surface area contributed by atoms with Gasteiger partial charge in [-0.1, -0.05) is 0 Å². The molecule has 1 unspecified atom stereocenters. The maximum atomic E-state index is 5.64. The van der Waals surface area contributed by atoms with E-state index in [1.807, 2.05) is 6.07 Å². The summed E-state index contributed by atoms with van der Waals surface area (Å²) in [6.45, 7) is 4.17. The van der Waals surface area contributed by atoms with Crippen LogP contribution in [-0.4, -0.2) is 62.6 Å². The molecular weight excluding hydrogens is 246 g/mol. The molecule has 3 N–H and O–H groups in total. The molecule has 2 heterocycles. The number of ether oxygens (including phenoxy) is 2. The maximum Gasteiger partial charge on any atom is 0.134 e. The van der Waals surface area contributed by atoms with Crippen molar-refractivity contribution >= 4 is 11.6 Å². The van der Waals surface area contributed by atoms with Crippen LogP contribution < -0.4 is 16.0 Å². The van der Waals surface area contributed by atoms with E-state index in [2.05, 4.69) is 20.2 Å². The highest BCUT2D eigenvalue weighted by molar-refractivity contribution is 5.48. The number of anilines is 2. The Morgan fingerprint density at radius 2 is 2.47 bits per heavy atom. The molecule has 1 aliphatic heterocycles. The van der Waals surface area contributed by atoms with Gasteiger partial charge in [0.2, 0.25) is 0 Å². The average molecular weight is 267 g/mol. The first-order valence-electron chi connectivity index (χ1n) is 6.45. The number of rotatable bonds is 6. The van der Waals surface area contributed by atoms with Crippen LogP contribution in [0.25, 0.3) is 0 Å². The molecule has 19 heavy (non-hydrogen) atoms. The zero-order valence-corrected chi connectivity index (χ0v) is 11.2. The summed E-state index contributed by atoms with van der Waals surface area (Å²) in [7, 11) is 1.67. The first kappa shape index (κ1) is 14.0. The van der Waals surface area contributed by atoms with Gasteiger partial charge < -0.3 is 25.4 Å². The van der Waals surface area contributed by atoms with E-state index in [-0.39, 0.29) is 6.10 Å². The van der Waals surface area contributed by atoms with Crippen LogP contribution in [0.4, 0.5) is 11.6 Å². The Morgan fingerprint density at radius 1 is 1.58 bits per heavy atom. The van der Waals surface area contributed by atoms with Gasteiger partial charge in [-0.3, -0.25) is 0 Å². The summed E-state index contributed by atoms with van der Waals surface area (Å²) in [6.07, 6.45) is 1.64. The van der Waals surface area contributed by atoms with Gasteiger partial charge >= 0.3 is 0 Å². The van der Waals surface area contributed by atoms with Crippen molar-refractivity contribution in [2.24, 2.45) is 5.73 Å². The van der Waals surface area contributed by atoms with Crippen LogP contribution in [0.15, 0.2) is 12.4 Å². The van der Waals surface area contributed by atoms with Crippen LogP contribution in [0, 0.1) is 0 Å². The molecule has 0 bridgehead atoms. The molecule has 1 saturated heterocycles. The highest BCUT2D eigenvalue weighted by Crippen LogP contribution is 2.17. The second kappa shape index (κ2) is 7.22. The second-order valence-corrected chi connectivity index (χ2v) is 4.36. The SMILES string of the molecule is COCCNc1cc(N2CCOC(CN)C2)ncn1. The molecule has 7 nitrogen and oxygen atoms in total. The molecule has 0 aliphatic carbocycles. The van der Waals surface area contributed by atoms with Crippen LogP contribution in [0.1, 0.15) is 0 Å². The van der Waals surface area contributed by atoms with E-state index in [9.17, 15) is 0 Å². The molecule has 1 atom stereocenters. The lowest BCUT2D eigenvalue weighted by atomic mass is 10.2. The van der Waals surface area contributed by atoms with Gasteiger partial charge in [0.25, 0.3) is 0 Å². The molecule has 7 heteroatoms. The lowest BCUT2D eigenvalue weighted by Crippen LogP contribution is -2.46. The summed E-state index contributed by atoms with van der Waals surface area (Å²) in [5.74, 6) is 1.70. The van der Waals surface area contributed by atoms with Crippen molar-refractivity contribution in [2.75, 3.05) is 56.7 Å². The lowest BCUT2D eigenvalue weighted by Gasteiger charge is -2.33. The Morgan fingerprint density at radius 3 is 3.26 bits per heavy atom. The smallest absolute Gasteiger partial charge is 0.134 e. The van der Waals surface area contributed by atoms with E-state index in [1.54, 1.807) is 13.4 Å². The van der Waals surface area contributed by atoms with Crippen LogP contribution in [-0.2, 0) is 9.47 Å². The van der Waals surface area contributed by atoms with E-state index in [1.165, 1.54) is 0 Å². The number of hydrogen-bond acceptors (Lipinski definition) is 7. The first-order valence-corrected chi connectivity index (χ1v) is 6.45. The van der Waals surface area contributed by atoms with Crippen molar-refractivity contribution in [1.29, 1.82) is 0 Å². The second-order valence-electron chi connectivity index (χ2n) is 4.36. The van der Waals surface area contributed by atoms with E-state index in [0.29, 0.717) is 19.8 Å². The fourth-order valence-electron chi connectivity index (χ4n) is 1.97. The third kappa shape index (κ3) is 4.02. The van der Waals surface area contributed by atoms with Gasteiger partial charge in [-0.15, -0.1) is 0 Å². The molecule has 106 valence electrons. The fraction of sp³-hybridized carbons (Fsp3) is 0.667. The Hall–Kier alpha value is -1.44. The van der Waals surface area contributed by atoms with Crippen molar-refractivity contribution in [3.8, 4) is 0 Å². The topological polar surface area (TPSA) is 85.5 Å². The van der Waals surface area contributed by atoms with Crippen molar-refractivity contribution in [2.45, 2.75) is 6.10 Å². The number of hydrogen-bond donors (Lipinski definition) is 2. The molecule has 0 amide bonds. The van der Waals surface area contributed by atoms with Gasteiger partial charge in [-0.25, -0.2) is 9.97 Å². The van der Waals surface area contributed by atoms with E-state index >= 15 is 0 Å². The molecule has 0 aromatic carbocycles. The van der Waals surface area contributed by atoms with Crippen LogP contribution in [0.2, 0.25) is 0 Å². The Bertz CT molecular complexity index is 390. The third-order valence-corrected chi connectivity index (χ3v) is 2.99. The Labute approximate surface area is 113 Å². The van der Waals surface area contributed by atoms with Crippen LogP contribution in [0.5, 0.6) is 0 Å². The number of morpholine rings is 1. The van der Waals surface area contributed by atoms with Crippen molar-refractivity contribution in [1.82, 2.24) is 9.97 Å². The standard InChI is InChI=1S/C12H21N5O2/c1-18-4-2-14-11-6-12(16-9-15-11)17-3-5-19-10(7-13)8-17/h6,9-10H,2-5,7-8,13H2,1H3,(H,14,15,16). The summed E-state index contributed by atoms with van der Waals surface area (Å²) < 4.78 is 10.5. The quantitative estimate of drug-likeness (QED) is 0.684. The first-order chi connectivity index (χ1) is 9.33. The van der Waals surface area contributed by atoms with Crippen molar-refractivity contribution in [3.63, 3.8) is 0 Å². The number of nitrogens with one attached hydrogen (secondary N) is 1. The number of nitrogens with zero attached hydrogens (tertiary/aromatic N) is 3. The Balaban J connectivity index is 1.97. The molecule has 0 radical (unpaired) electrons. The van der Waals surface area contributed by atoms with Gasteiger partial charge in [0.05, 0.1) is 19.3 Å². The van der Waals surface area contributed by atoms with Crippen molar-refractivity contribution in [3.05, 3.63) is 12.4 Å². The van der Waals surface area contributed by atoms with Gasteiger partial charge in [-0.05, 0) is 0 Å². The molecule has 0 spiro atoms. The molecule has 1 aliphatic rings. The van der Waals surface area contributed by atoms with Crippen molar-refractivity contribution < 1.29 is 9.47 Å². The molecule has 0 saturated carbocycles. The highest BCUT2D eigenvalue weighted by Gasteiger charge is 2.20. The minimum absolute atomic E-state index is 0.0774. The summed E-state index contributed by atoms with van der Waals surface area (Å²) in [5, 5.41) is 3.19. The van der Waals surface area contributed by atoms with E-state index in [4.69, 9.17) is 15.2 Å². The highest BCUT2D eigenvalue weighted by atomic mass is 16.5. The zero-order valence-electron chi connectivity index (χ0n) is 11.2. The minimum Gasteiger partial charge on any atom is -0.383 e. The van der Waals surface area contributed by atoms with Crippen LogP contribution in [0.3, 0.4) is 0 Å². The van der Waals surface area contributed by atoms with Gasteiger partial charge in [0.1, 0.15) is 18.0 Å². The molecule has 1 aromatic heterocycles. The summed E-state index contributed by atoms with van der Waals surface area (Å²) in [5.41, 5.74) is 5.64. The summed E-state index contributed by atoms with van der Waals surface area (Å²) in [4.78, 5) is 10.7. The Kier molecular flexibility index (Phi) is 5.31. The van der Waals surface area contributed by atoms with Gasteiger partial charge in [-0.2, -0.15) is 0 Å². The monoisotopic (exact) mass is 267 g/mol. The lowest BCUT2D eigenvalue weighted by molar-refractivity contribution is 0.0463. The van der Waals surface area contributed by atoms with Crippen LogP contribution >= 0.6 is 0 Å². The number of nitrogens with two attached hydrogens (primary N) is 1. The largest absolute Gasteiger partial charge is 0.383 e. The molecular formula is C12H21N5O2. The van der Waals surface area contributed by atoms with E-state index in [0.717, 1.165) is 31.3 Å². The zero-order chi connectivity index (χ0) is 13.5. The normalized spacial score (nSPS) is 19.5. The summed E-state index contributed by atoms with van der Waals surface area (Å²) in [6, 6.07) is 1.94. The number of methoxy groups -OCH3 is 1. The van der Waals surface area contributed by atoms with Gasteiger partial charge in [0.15, 0.2) is 0 Å². The fourth-order valence-corrected chi connectivity index (χ4v) is 1.97. The average Bonchev–Trinajstić information content (AvgIpc) is 2.48. The molecule has 2 rings (SSSR count). The predicted octanol–water partition coefficient (Wildman–Crippen LogP) is -0.301. The predicted molar refractivity (Wildman–Crippen MR) is 73.4 cm³/mol. The minimum atomic E-state index is 0.0774. The number of aromatic nitrogens is 2. The third-order valence-electron chi connectivity index (χ3n) is 2.99. The summed E-state index contributed by atoms with van der Waals surface area (Å²) >= 11 is 0. The maximum absolute atomic E-state index is 5.64. The molecule has 1 fully saturated rings.